The zero-order chi connectivity index (χ0) is 14.6. The van der Waals surface area contributed by atoms with Crippen LogP contribution >= 0.6 is 0 Å². The molecule has 0 bridgehead atoms. The molecule has 6 heteroatoms. The molecule has 106 valence electrons. The second-order valence-corrected chi connectivity index (χ2v) is 6.36. The van der Waals surface area contributed by atoms with Crippen LogP contribution in [-0.2, 0) is 10.0 Å². The predicted molar refractivity (Wildman–Crippen MR) is 74.3 cm³/mol. The molecule has 1 unspecified atom stereocenters. The normalized spacial score (nSPS) is 13.1. The van der Waals surface area contributed by atoms with Gasteiger partial charge in [0.25, 0.3) is 5.91 Å². The molecule has 0 radical (unpaired) electrons. The number of hydrogen-bond acceptors (Lipinski definition) is 3. The van der Waals surface area contributed by atoms with Crippen LogP contribution < -0.4 is 10.5 Å². The van der Waals surface area contributed by atoms with Gasteiger partial charge in [0.05, 0.1) is 4.90 Å². The molecule has 1 atom stereocenters. The van der Waals surface area contributed by atoms with Crippen molar-refractivity contribution in [3.63, 3.8) is 0 Å². The lowest BCUT2D eigenvalue weighted by molar-refractivity contribution is 0.0947. The van der Waals surface area contributed by atoms with Gasteiger partial charge in [-0.25, -0.2) is 13.6 Å². The molecule has 1 aromatic carbocycles. The highest BCUT2D eigenvalue weighted by molar-refractivity contribution is 7.89. The fourth-order valence-corrected chi connectivity index (χ4v) is 2.20. The summed E-state index contributed by atoms with van der Waals surface area (Å²) < 4.78 is 22.6. The van der Waals surface area contributed by atoms with E-state index in [9.17, 15) is 13.2 Å². The van der Waals surface area contributed by atoms with Crippen LogP contribution in [-0.4, -0.2) is 20.9 Å². The molecule has 0 aliphatic carbocycles. The molecular formula is C13H20N2O3S. The molecule has 1 amide bonds. The quantitative estimate of drug-likeness (QED) is 0.857. The summed E-state index contributed by atoms with van der Waals surface area (Å²) in [5.74, 6) is 0.0976. The third-order valence-corrected chi connectivity index (χ3v) is 3.84. The van der Waals surface area contributed by atoms with E-state index in [0.29, 0.717) is 23.6 Å². The van der Waals surface area contributed by atoms with Crippen molar-refractivity contribution in [1.29, 1.82) is 0 Å². The number of primary sulfonamides is 1. The van der Waals surface area contributed by atoms with Gasteiger partial charge in [-0.3, -0.25) is 4.79 Å². The number of amides is 1. The van der Waals surface area contributed by atoms with E-state index in [2.05, 4.69) is 5.32 Å². The maximum Gasteiger partial charge on any atom is 0.251 e. The molecule has 0 aliphatic heterocycles. The lowest BCUT2D eigenvalue weighted by Gasteiger charge is -2.11. The number of rotatable bonds is 5. The molecule has 3 N–H and O–H groups in total. The molecule has 0 saturated heterocycles. The van der Waals surface area contributed by atoms with Gasteiger partial charge in [-0.05, 0) is 36.6 Å². The zero-order valence-electron chi connectivity index (χ0n) is 11.4. The Morgan fingerprint density at radius 3 is 2.53 bits per heavy atom. The second kappa shape index (κ2) is 6.16. The smallest absolute Gasteiger partial charge is 0.251 e. The molecule has 0 aliphatic rings. The molecule has 1 rings (SSSR count). The van der Waals surface area contributed by atoms with Gasteiger partial charge < -0.3 is 5.32 Å². The maximum atomic E-state index is 11.9. The first kappa shape index (κ1) is 15.7. The Morgan fingerprint density at radius 1 is 1.37 bits per heavy atom. The van der Waals surface area contributed by atoms with E-state index in [1.807, 2.05) is 13.8 Å². The Labute approximate surface area is 114 Å². The van der Waals surface area contributed by atoms with Gasteiger partial charge in [-0.1, -0.05) is 20.3 Å². The van der Waals surface area contributed by atoms with Crippen molar-refractivity contribution in [2.45, 2.75) is 32.1 Å². The summed E-state index contributed by atoms with van der Waals surface area (Å²) in [5.41, 5.74) is 0.993. The number of nitrogens with two attached hydrogens (primary N) is 1. The van der Waals surface area contributed by atoms with Crippen LogP contribution in [0.3, 0.4) is 0 Å². The van der Waals surface area contributed by atoms with Crippen molar-refractivity contribution in [3.05, 3.63) is 29.3 Å². The van der Waals surface area contributed by atoms with Crippen molar-refractivity contribution < 1.29 is 13.2 Å². The number of carbonyl (C=O) groups is 1. The van der Waals surface area contributed by atoms with Gasteiger partial charge in [0, 0.05) is 12.1 Å². The molecule has 0 fully saturated rings. The van der Waals surface area contributed by atoms with E-state index in [1.165, 1.54) is 12.1 Å². The van der Waals surface area contributed by atoms with Crippen molar-refractivity contribution in [3.8, 4) is 0 Å². The Balaban J connectivity index is 2.95. The van der Waals surface area contributed by atoms with E-state index >= 15 is 0 Å². The molecule has 0 spiro atoms. The molecule has 0 saturated carbocycles. The summed E-state index contributed by atoms with van der Waals surface area (Å²) in [6.07, 6.45) is 0.969. The number of aryl methyl sites for hydroxylation is 1. The maximum absolute atomic E-state index is 11.9. The molecular weight excluding hydrogens is 264 g/mol. The molecule has 1 aromatic rings. The minimum absolute atomic E-state index is 0.0406. The minimum atomic E-state index is -3.80. The van der Waals surface area contributed by atoms with Crippen LogP contribution in [0.4, 0.5) is 0 Å². The summed E-state index contributed by atoms with van der Waals surface area (Å²) in [7, 11) is -3.80. The lowest BCUT2D eigenvalue weighted by Crippen LogP contribution is -2.28. The van der Waals surface area contributed by atoms with Crippen molar-refractivity contribution >= 4 is 15.9 Å². The average Bonchev–Trinajstić information content (AvgIpc) is 2.33. The first-order valence-corrected chi connectivity index (χ1v) is 7.71. The Morgan fingerprint density at radius 2 is 2.00 bits per heavy atom. The number of benzene rings is 1. The van der Waals surface area contributed by atoms with Crippen molar-refractivity contribution in [2.75, 3.05) is 6.54 Å². The predicted octanol–water partition coefficient (Wildman–Crippen LogP) is 1.42. The Bertz CT molecular complexity index is 567. The highest BCUT2D eigenvalue weighted by atomic mass is 32.2. The van der Waals surface area contributed by atoms with Crippen LogP contribution in [0.15, 0.2) is 23.1 Å². The average molecular weight is 284 g/mol. The van der Waals surface area contributed by atoms with E-state index < -0.39 is 10.0 Å². The van der Waals surface area contributed by atoms with Gasteiger partial charge in [0.2, 0.25) is 10.0 Å². The minimum Gasteiger partial charge on any atom is -0.352 e. The summed E-state index contributed by atoms with van der Waals surface area (Å²) in [4.78, 5) is 11.9. The first-order chi connectivity index (χ1) is 8.74. The summed E-state index contributed by atoms with van der Waals surface area (Å²) >= 11 is 0. The summed E-state index contributed by atoms with van der Waals surface area (Å²) in [6.45, 7) is 6.36. The number of nitrogens with one attached hydrogen (secondary N) is 1. The zero-order valence-corrected chi connectivity index (χ0v) is 12.3. The first-order valence-electron chi connectivity index (χ1n) is 6.16. The van der Waals surface area contributed by atoms with Gasteiger partial charge in [0.1, 0.15) is 0 Å². The van der Waals surface area contributed by atoms with Crippen LogP contribution in [0.1, 0.15) is 36.2 Å². The van der Waals surface area contributed by atoms with Crippen molar-refractivity contribution in [2.24, 2.45) is 11.1 Å². The fraction of sp³-hybridized carbons (Fsp3) is 0.462. The van der Waals surface area contributed by atoms with Crippen molar-refractivity contribution in [1.82, 2.24) is 5.32 Å². The lowest BCUT2D eigenvalue weighted by atomic mass is 10.1. The Hall–Kier alpha value is -1.40. The number of sulfonamides is 1. The summed E-state index contributed by atoms with van der Waals surface area (Å²) in [5, 5.41) is 7.86. The Kier molecular flexibility index (Phi) is 5.08. The monoisotopic (exact) mass is 284 g/mol. The fourth-order valence-electron chi connectivity index (χ4n) is 1.56. The molecule has 0 aromatic heterocycles. The third-order valence-electron chi connectivity index (χ3n) is 2.95. The third kappa shape index (κ3) is 4.65. The standard InChI is InChI=1S/C13H20N2O3S/c1-4-9(2)8-15-13(16)11-5-10(3)6-12(7-11)19(14,17)18/h5-7,9H,4,8H2,1-3H3,(H,15,16)(H2,14,17,18). The van der Waals surface area contributed by atoms with E-state index in [1.54, 1.807) is 13.0 Å². The van der Waals surface area contributed by atoms with Crippen LogP contribution in [0.5, 0.6) is 0 Å². The van der Waals surface area contributed by atoms with E-state index in [4.69, 9.17) is 5.14 Å². The number of carbonyl (C=O) groups excluding carboxylic acids is 1. The summed E-state index contributed by atoms with van der Waals surface area (Å²) in [6, 6.07) is 4.38. The largest absolute Gasteiger partial charge is 0.352 e. The molecule has 19 heavy (non-hydrogen) atoms. The topological polar surface area (TPSA) is 89.3 Å². The number of hydrogen-bond donors (Lipinski definition) is 2. The highest BCUT2D eigenvalue weighted by Gasteiger charge is 2.13. The van der Waals surface area contributed by atoms with Gasteiger partial charge >= 0.3 is 0 Å². The van der Waals surface area contributed by atoms with E-state index in [0.717, 1.165) is 6.42 Å². The van der Waals surface area contributed by atoms with Gasteiger partial charge in [-0.15, -0.1) is 0 Å². The SMILES string of the molecule is CCC(C)CNC(=O)c1cc(C)cc(S(N)(=O)=O)c1. The molecule has 0 heterocycles. The highest BCUT2D eigenvalue weighted by Crippen LogP contribution is 2.13. The van der Waals surface area contributed by atoms with Crippen LogP contribution in [0, 0.1) is 12.8 Å². The van der Waals surface area contributed by atoms with Crippen LogP contribution in [0.2, 0.25) is 0 Å². The van der Waals surface area contributed by atoms with Gasteiger partial charge in [-0.2, -0.15) is 0 Å². The molecule has 5 nitrogen and oxygen atoms in total. The second-order valence-electron chi connectivity index (χ2n) is 4.80. The van der Waals surface area contributed by atoms with Crippen LogP contribution in [0.25, 0.3) is 0 Å². The van der Waals surface area contributed by atoms with Gasteiger partial charge in [0.15, 0.2) is 0 Å². The van der Waals surface area contributed by atoms with E-state index in [-0.39, 0.29) is 10.8 Å².